The fraction of sp³-hybridized carbons (Fsp3) is 0.500. The molecule has 2 heterocycles. The molecule has 6 heteroatoms. The first kappa shape index (κ1) is 11.5. The molecule has 0 saturated carbocycles. The normalized spacial score (nSPS) is 11.2. The molecule has 0 spiro atoms. The number of rotatable bonds is 2. The Kier molecular flexibility index (Phi) is 2.94. The second-order valence-electron chi connectivity index (χ2n) is 3.84. The maximum absolute atomic E-state index is 5.35. The average molecular weight is 254 g/mol. The lowest BCUT2D eigenvalue weighted by atomic mass is 10.3. The lowest BCUT2D eigenvalue weighted by molar-refractivity contribution is 0.754. The number of imidazole rings is 1. The van der Waals surface area contributed by atoms with Crippen molar-refractivity contribution in [2.45, 2.75) is 19.8 Å². The van der Waals surface area contributed by atoms with Crippen LogP contribution in [-0.4, -0.2) is 19.1 Å². The zero-order valence-electron chi connectivity index (χ0n) is 9.57. The van der Waals surface area contributed by atoms with Crippen LogP contribution in [0.25, 0.3) is 11.2 Å². The van der Waals surface area contributed by atoms with E-state index in [1.54, 1.807) is 0 Å². The Morgan fingerprint density at radius 2 is 1.94 bits per heavy atom. The van der Waals surface area contributed by atoms with Crippen LogP contribution >= 0.6 is 24.4 Å². The van der Waals surface area contributed by atoms with Gasteiger partial charge in [-0.1, -0.05) is 19.1 Å². The number of H-pyrrole nitrogens is 1. The summed E-state index contributed by atoms with van der Waals surface area (Å²) in [6, 6.07) is 0. The molecule has 0 fully saturated rings. The molecule has 1 N–H and O–H groups in total. The van der Waals surface area contributed by atoms with Gasteiger partial charge in [0.25, 0.3) is 0 Å². The van der Waals surface area contributed by atoms with Gasteiger partial charge in [0.15, 0.2) is 10.4 Å². The Bertz CT molecular complexity index is 647. The summed E-state index contributed by atoms with van der Waals surface area (Å²) in [5, 5.41) is 0. The quantitative estimate of drug-likeness (QED) is 0.837. The molecule has 0 aliphatic rings. The van der Waals surface area contributed by atoms with Crippen LogP contribution < -0.4 is 0 Å². The van der Waals surface area contributed by atoms with Crippen LogP contribution in [0.5, 0.6) is 0 Å². The molecule has 16 heavy (non-hydrogen) atoms. The van der Waals surface area contributed by atoms with Crippen LogP contribution in [0.2, 0.25) is 0 Å². The first-order valence-corrected chi connectivity index (χ1v) is 6.02. The molecule has 2 rings (SSSR count). The molecule has 0 amide bonds. The predicted molar refractivity (Wildman–Crippen MR) is 69.7 cm³/mol. The first-order valence-electron chi connectivity index (χ1n) is 5.20. The molecule has 4 nitrogen and oxygen atoms in total. The van der Waals surface area contributed by atoms with Crippen LogP contribution in [0, 0.1) is 9.41 Å². The highest BCUT2D eigenvalue weighted by Crippen LogP contribution is 2.14. The molecule has 0 aliphatic heterocycles. The molecular formula is C10H14N4S2. The van der Waals surface area contributed by atoms with E-state index in [0.717, 1.165) is 29.8 Å². The zero-order chi connectivity index (χ0) is 11.9. The summed E-state index contributed by atoms with van der Waals surface area (Å²) in [6.45, 7) is 2.13. The topological polar surface area (TPSA) is 38.5 Å². The van der Waals surface area contributed by atoms with Crippen molar-refractivity contribution in [2.24, 2.45) is 14.1 Å². The second kappa shape index (κ2) is 4.10. The van der Waals surface area contributed by atoms with Gasteiger partial charge in [-0.05, 0) is 18.6 Å². The van der Waals surface area contributed by atoms with Gasteiger partial charge in [0.2, 0.25) is 0 Å². The van der Waals surface area contributed by atoms with Gasteiger partial charge in [-0.2, -0.15) is 0 Å². The van der Waals surface area contributed by atoms with E-state index < -0.39 is 0 Å². The smallest absolute Gasteiger partial charge is 0.182 e. The minimum atomic E-state index is 0.687. The second-order valence-corrected chi connectivity index (χ2v) is 4.59. The van der Waals surface area contributed by atoms with Gasteiger partial charge in [0, 0.05) is 20.5 Å². The van der Waals surface area contributed by atoms with Gasteiger partial charge >= 0.3 is 0 Å². The van der Waals surface area contributed by atoms with Crippen molar-refractivity contribution in [3.05, 3.63) is 15.2 Å². The molecular weight excluding hydrogens is 240 g/mol. The van der Waals surface area contributed by atoms with E-state index in [1.807, 2.05) is 23.2 Å². The number of aromatic amines is 1. The van der Waals surface area contributed by atoms with E-state index in [1.165, 1.54) is 0 Å². The van der Waals surface area contributed by atoms with Gasteiger partial charge in [0.05, 0.1) is 0 Å². The Morgan fingerprint density at radius 3 is 2.56 bits per heavy atom. The van der Waals surface area contributed by atoms with Gasteiger partial charge < -0.3 is 14.1 Å². The van der Waals surface area contributed by atoms with E-state index in [-0.39, 0.29) is 0 Å². The molecule has 0 saturated heterocycles. The highest BCUT2D eigenvalue weighted by atomic mass is 32.1. The predicted octanol–water partition coefficient (Wildman–Crippen LogP) is 2.65. The summed E-state index contributed by atoms with van der Waals surface area (Å²) >= 11 is 10.6. The van der Waals surface area contributed by atoms with Crippen LogP contribution in [0.3, 0.4) is 0 Å². The van der Waals surface area contributed by atoms with Crippen LogP contribution in [0.15, 0.2) is 0 Å². The monoisotopic (exact) mass is 254 g/mol. The summed E-state index contributed by atoms with van der Waals surface area (Å²) in [7, 11) is 3.79. The van der Waals surface area contributed by atoms with E-state index in [9.17, 15) is 0 Å². The molecule has 2 aromatic heterocycles. The van der Waals surface area contributed by atoms with Crippen molar-refractivity contribution in [3.63, 3.8) is 0 Å². The Balaban J connectivity index is 2.87. The summed E-state index contributed by atoms with van der Waals surface area (Å²) in [5.74, 6) is 0.972. The highest BCUT2D eigenvalue weighted by molar-refractivity contribution is 7.72. The van der Waals surface area contributed by atoms with Crippen molar-refractivity contribution in [3.8, 4) is 0 Å². The Labute approximate surface area is 104 Å². The van der Waals surface area contributed by atoms with Gasteiger partial charge in [-0.15, -0.1) is 0 Å². The molecule has 86 valence electrons. The molecule has 0 radical (unpaired) electrons. The van der Waals surface area contributed by atoms with E-state index >= 15 is 0 Å². The minimum Gasteiger partial charge on any atom is -0.338 e. The third-order valence-electron chi connectivity index (χ3n) is 2.63. The first-order chi connectivity index (χ1) is 7.56. The summed E-state index contributed by atoms with van der Waals surface area (Å²) in [6.07, 6.45) is 1.99. The average Bonchev–Trinajstić information content (AvgIpc) is 2.68. The molecule has 2 aromatic rings. The summed E-state index contributed by atoms with van der Waals surface area (Å²) in [4.78, 5) is 7.80. The van der Waals surface area contributed by atoms with Crippen molar-refractivity contribution < 1.29 is 0 Å². The van der Waals surface area contributed by atoms with E-state index in [0.29, 0.717) is 9.41 Å². The van der Waals surface area contributed by atoms with E-state index in [4.69, 9.17) is 24.4 Å². The summed E-state index contributed by atoms with van der Waals surface area (Å²) in [5.41, 5.74) is 1.74. The molecule has 0 atom stereocenters. The molecule has 0 bridgehead atoms. The van der Waals surface area contributed by atoms with Crippen LogP contribution in [0.1, 0.15) is 19.2 Å². The SMILES string of the molecule is CCCc1nc2c([nH]1)c(=S)n(C)c(=S)n2C. The van der Waals surface area contributed by atoms with Crippen molar-refractivity contribution >= 4 is 35.6 Å². The fourth-order valence-corrected chi connectivity index (χ4v) is 2.19. The van der Waals surface area contributed by atoms with Gasteiger partial charge in [-0.3, -0.25) is 0 Å². The Hall–Kier alpha value is -1.01. The maximum atomic E-state index is 5.35. The number of nitrogens with one attached hydrogen (secondary N) is 1. The number of aromatic nitrogens is 4. The largest absolute Gasteiger partial charge is 0.338 e. The van der Waals surface area contributed by atoms with Gasteiger partial charge in [-0.25, -0.2) is 4.98 Å². The molecule has 0 aromatic carbocycles. The maximum Gasteiger partial charge on any atom is 0.182 e. The van der Waals surface area contributed by atoms with Crippen LogP contribution in [-0.2, 0) is 20.5 Å². The molecule has 0 aliphatic carbocycles. The summed E-state index contributed by atoms with van der Waals surface area (Å²) < 4.78 is 5.11. The van der Waals surface area contributed by atoms with Crippen molar-refractivity contribution in [1.82, 2.24) is 19.1 Å². The van der Waals surface area contributed by atoms with Crippen LogP contribution in [0.4, 0.5) is 0 Å². The number of hydrogen-bond acceptors (Lipinski definition) is 3. The zero-order valence-corrected chi connectivity index (χ0v) is 11.2. The lowest BCUT2D eigenvalue weighted by Gasteiger charge is -2.05. The molecule has 0 unspecified atom stereocenters. The van der Waals surface area contributed by atoms with Gasteiger partial charge in [0.1, 0.15) is 16.0 Å². The number of hydrogen-bond donors (Lipinski definition) is 1. The standard InChI is InChI=1S/C10H14N4S2/c1-4-5-6-11-7-8(12-6)13(2)10(16)14(3)9(7)15/h4-5H2,1-3H3,(H,11,12). The van der Waals surface area contributed by atoms with E-state index in [2.05, 4.69) is 16.9 Å². The van der Waals surface area contributed by atoms with Crippen molar-refractivity contribution in [1.29, 1.82) is 0 Å². The number of nitrogens with zero attached hydrogens (tertiary/aromatic N) is 3. The minimum absolute atomic E-state index is 0.687. The lowest BCUT2D eigenvalue weighted by Crippen LogP contribution is -2.05. The fourth-order valence-electron chi connectivity index (χ4n) is 1.73. The Morgan fingerprint density at radius 1 is 1.25 bits per heavy atom. The number of aryl methyl sites for hydroxylation is 2. The number of fused-ring (bicyclic) bond motifs is 1. The van der Waals surface area contributed by atoms with Crippen molar-refractivity contribution in [2.75, 3.05) is 0 Å². The third-order valence-corrected chi connectivity index (χ3v) is 3.66. The highest BCUT2D eigenvalue weighted by Gasteiger charge is 2.08. The third kappa shape index (κ3) is 1.62.